The Hall–Kier alpha value is -1.98. The zero-order valence-electron chi connectivity index (χ0n) is 12.4. The van der Waals surface area contributed by atoms with Crippen LogP contribution in [0.15, 0.2) is 24.3 Å². The normalized spacial score (nSPS) is 29.1. The van der Waals surface area contributed by atoms with E-state index in [2.05, 4.69) is 0 Å². The lowest BCUT2D eigenvalue weighted by Gasteiger charge is -2.15. The van der Waals surface area contributed by atoms with Gasteiger partial charge in [0.2, 0.25) is 12.3 Å². The van der Waals surface area contributed by atoms with Crippen molar-refractivity contribution in [2.75, 3.05) is 18.1 Å². The number of nitrogens with zero attached hydrogens (tertiary/aromatic N) is 1. The highest BCUT2D eigenvalue weighted by molar-refractivity contribution is 6.14. The molecule has 0 aromatic heterocycles. The van der Waals surface area contributed by atoms with E-state index in [0.29, 0.717) is 17.8 Å². The smallest absolute Gasteiger partial charge is 0.310 e. The SMILES string of the molecule is CCOC(=O)[C@H]1[C@H](C(F)F)[C@]12C(=O)N(CC)c1ccccc12. The maximum atomic E-state index is 13.5. The molecule has 118 valence electrons. The summed E-state index contributed by atoms with van der Waals surface area (Å²) < 4.78 is 31.9. The minimum absolute atomic E-state index is 0.106. The number of fused-ring (bicyclic) bond motifs is 2. The summed E-state index contributed by atoms with van der Waals surface area (Å²) in [5.74, 6) is -3.54. The topological polar surface area (TPSA) is 46.6 Å². The summed E-state index contributed by atoms with van der Waals surface area (Å²) in [7, 11) is 0. The van der Waals surface area contributed by atoms with E-state index in [1.807, 2.05) is 0 Å². The van der Waals surface area contributed by atoms with Crippen LogP contribution in [0.4, 0.5) is 14.5 Å². The van der Waals surface area contributed by atoms with E-state index in [1.165, 1.54) is 4.90 Å². The van der Waals surface area contributed by atoms with Crippen LogP contribution in [0, 0.1) is 11.8 Å². The number of anilines is 1. The van der Waals surface area contributed by atoms with Gasteiger partial charge in [0.25, 0.3) is 0 Å². The number of esters is 1. The lowest BCUT2D eigenvalue weighted by atomic mass is 9.93. The first-order chi connectivity index (χ1) is 10.5. The summed E-state index contributed by atoms with van der Waals surface area (Å²) in [5.41, 5.74) is -0.315. The Kier molecular flexibility index (Phi) is 3.42. The number of alkyl halides is 2. The average Bonchev–Trinajstić information content (AvgIpc) is 3.13. The number of hydrogen-bond acceptors (Lipinski definition) is 3. The zero-order valence-corrected chi connectivity index (χ0v) is 12.4. The molecule has 3 atom stereocenters. The van der Waals surface area contributed by atoms with Gasteiger partial charge < -0.3 is 9.64 Å². The molecule has 2 aliphatic rings. The van der Waals surface area contributed by atoms with Crippen LogP contribution in [0.1, 0.15) is 19.4 Å². The quantitative estimate of drug-likeness (QED) is 0.802. The highest BCUT2D eigenvalue weighted by atomic mass is 19.3. The van der Waals surface area contributed by atoms with Crippen molar-refractivity contribution >= 4 is 17.6 Å². The van der Waals surface area contributed by atoms with Crippen molar-refractivity contribution in [1.82, 2.24) is 0 Å². The molecule has 0 bridgehead atoms. The summed E-state index contributed by atoms with van der Waals surface area (Å²) >= 11 is 0. The van der Waals surface area contributed by atoms with Gasteiger partial charge in [-0.1, -0.05) is 18.2 Å². The molecule has 4 nitrogen and oxygen atoms in total. The van der Waals surface area contributed by atoms with Crippen molar-refractivity contribution in [3.8, 4) is 0 Å². The molecule has 3 rings (SSSR count). The third-order valence-electron chi connectivity index (χ3n) is 4.63. The molecular formula is C16H17F2NO3. The van der Waals surface area contributed by atoms with Crippen molar-refractivity contribution < 1.29 is 23.1 Å². The summed E-state index contributed by atoms with van der Waals surface area (Å²) in [6.07, 6.45) is -2.75. The number of hydrogen-bond donors (Lipinski definition) is 0. The summed E-state index contributed by atoms with van der Waals surface area (Å²) in [5, 5.41) is 0. The van der Waals surface area contributed by atoms with Crippen molar-refractivity contribution in [2.24, 2.45) is 11.8 Å². The molecule has 1 spiro atoms. The molecule has 1 aliphatic heterocycles. The van der Waals surface area contributed by atoms with Crippen LogP contribution in [0.2, 0.25) is 0 Å². The lowest BCUT2D eigenvalue weighted by molar-refractivity contribution is -0.146. The van der Waals surface area contributed by atoms with E-state index in [-0.39, 0.29) is 6.61 Å². The van der Waals surface area contributed by atoms with Gasteiger partial charge in [-0.3, -0.25) is 9.59 Å². The van der Waals surface area contributed by atoms with E-state index in [1.54, 1.807) is 38.1 Å². The second-order valence-corrected chi connectivity index (χ2v) is 5.53. The number of halogens is 2. The number of amides is 1. The Balaban J connectivity index is 2.12. The molecule has 0 N–H and O–H groups in total. The maximum Gasteiger partial charge on any atom is 0.310 e. The van der Waals surface area contributed by atoms with Crippen molar-refractivity contribution in [3.63, 3.8) is 0 Å². The van der Waals surface area contributed by atoms with E-state index < -0.39 is 35.6 Å². The molecule has 1 heterocycles. The van der Waals surface area contributed by atoms with Gasteiger partial charge in [-0.05, 0) is 25.5 Å². The number of ether oxygens (including phenoxy) is 1. The Labute approximate surface area is 127 Å². The Morgan fingerprint density at radius 2 is 2.05 bits per heavy atom. The number of benzene rings is 1. The fourth-order valence-corrected chi connectivity index (χ4v) is 3.77. The molecule has 0 saturated heterocycles. The van der Waals surface area contributed by atoms with Crippen LogP contribution in [-0.4, -0.2) is 31.5 Å². The summed E-state index contributed by atoms with van der Waals surface area (Å²) in [6, 6.07) is 6.86. The molecule has 1 aliphatic carbocycles. The zero-order chi connectivity index (χ0) is 16.1. The predicted octanol–water partition coefficient (Wildman–Crippen LogP) is 2.37. The maximum absolute atomic E-state index is 13.5. The van der Waals surface area contributed by atoms with Crippen LogP contribution in [0.5, 0.6) is 0 Å². The number of para-hydroxylation sites is 1. The van der Waals surface area contributed by atoms with Crippen LogP contribution >= 0.6 is 0 Å². The largest absolute Gasteiger partial charge is 0.466 e. The average molecular weight is 309 g/mol. The standard InChI is InChI=1S/C16H17F2NO3/c1-3-19-10-8-6-5-7-9(10)16(15(19)21)11(13(17)18)12(16)14(20)22-4-2/h5-8,11-13H,3-4H2,1-2H3/t11-,12-,16+/m1/s1. The first-order valence-electron chi connectivity index (χ1n) is 7.38. The van der Waals surface area contributed by atoms with Crippen LogP contribution < -0.4 is 4.90 Å². The molecule has 1 aromatic rings. The van der Waals surface area contributed by atoms with Crippen LogP contribution in [0.3, 0.4) is 0 Å². The monoisotopic (exact) mass is 309 g/mol. The number of carbonyl (C=O) groups is 2. The molecular weight excluding hydrogens is 292 g/mol. The third-order valence-corrected chi connectivity index (χ3v) is 4.63. The number of carbonyl (C=O) groups excluding carboxylic acids is 2. The predicted molar refractivity (Wildman–Crippen MR) is 75.8 cm³/mol. The number of likely N-dealkylation sites (N-methyl/N-ethyl adjacent to an activating group) is 1. The molecule has 1 fully saturated rings. The minimum Gasteiger partial charge on any atom is -0.466 e. The molecule has 0 radical (unpaired) electrons. The van der Waals surface area contributed by atoms with Crippen LogP contribution in [0.25, 0.3) is 0 Å². The van der Waals surface area contributed by atoms with E-state index in [9.17, 15) is 18.4 Å². The van der Waals surface area contributed by atoms with Gasteiger partial charge in [0.05, 0.1) is 23.9 Å². The second-order valence-electron chi connectivity index (χ2n) is 5.53. The lowest BCUT2D eigenvalue weighted by Crippen LogP contribution is -2.35. The number of rotatable bonds is 4. The van der Waals surface area contributed by atoms with Gasteiger partial charge in [-0.15, -0.1) is 0 Å². The van der Waals surface area contributed by atoms with Crippen molar-refractivity contribution in [2.45, 2.75) is 25.7 Å². The van der Waals surface area contributed by atoms with Crippen LogP contribution in [-0.2, 0) is 19.7 Å². The fourth-order valence-electron chi connectivity index (χ4n) is 3.77. The van der Waals surface area contributed by atoms with Gasteiger partial charge in [-0.25, -0.2) is 8.78 Å². The van der Waals surface area contributed by atoms with E-state index >= 15 is 0 Å². The third kappa shape index (κ3) is 1.66. The van der Waals surface area contributed by atoms with Gasteiger partial charge in [0.1, 0.15) is 0 Å². The van der Waals surface area contributed by atoms with Gasteiger partial charge in [0.15, 0.2) is 0 Å². The van der Waals surface area contributed by atoms with E-state index in [0.717, 1.165) is 0 Å². The summed E-state index contributed by atoms with van der Waals surface area (Å²) in [4.78, 5) is 26.4. The Bertz CT molecular complexity index is 634. The molecule has 1 aromatic carbocycles. The first-order valence-corrected chi connectivity index (χ1v) is 7.38. The minimum atomic E-state index is -2.75. The van der Waals surface area contributed by atoms with Gasteiger partial charge in [0, 0.05) is 12.2 Å². The molecule has 22 heavy (non-hydrogen) atoms. The summed E-state index contributed by atoms with van der Waals surface area (Å²) in [6.45, 7) is 3.89. The van der Waals surface area contributed by atoms with Crippen molar-refractivity contribution in [1.29, 1.82) is 0 Å². The van der Waals surface area contributed by atoms with Gasteiger partial charge >= 0.3 is 5.97 Å². The fraction of sp³-hybridized carbons (Fsp3) is 0.500. The first kappa shape index (κ1) is 14.9. The highest BCUT2D eigenvalue weighted by Crippen LogP contribution is 2.68. The highest BCUT2D eigenvalue weighted by Gasteiger charge is 2.80. The Morgan fingerprint density at radius 1 is 1.36 bits per heavy atom. The van der Waals surface area contributed by atoms with E-state index in [4.69, 9.17) is 4.74 Å². The molecule has 0 unspecified atom stereocenters. The van der Waals surface area contributed by atoms with Gasteiger partial charge in [-0.2, -0.15) is 0 Å². The molecule has 1 saturated carbocycles. The second kappa shape index (κ2) is 5.04. The van der Waals surface area contributed by atoms with Crippen molar-refractivity contribution in [3.05, 3.63) is 29.8 Å². The molecule has 1 amide bonds. The Morgan fingerprint density at radius 3 is 2.64 bits per heavy atom. The molecule has 6 heteroatoms.